The molecule has 2 aromatic rings. The van der Waals surface area contributed by atoms with Gasteiger partial charge in [-0.2, -0.15) is 9.97 Å². The van der Waals surface area contributed by atoms with Crippen molar-refractivity contribution in [2.75, 3.05) is 36.1 Å². The summed E-state index contributed by atoms with van der Waals surface area (Å²) in [6, 6.07) is 6.27. The first-order chi connectivity index (χ1) is 11.6. The van der Waals surface area contributed by atoms with Crippen molar-refractivity contribution in [1.82, 2.24) is 15.3 Å². The van der Waals surface area contributed by atoms with Gasteiger partial charge in [0.05, 0.1) is 0 Å². The molecule has 1 aromatic carbocycles. The number of hydrogen-bond donors (Lipinski definition) is 3. The summed E-state index contributed by atoms with van der Waals surface area (Å²) in [6.07, 6.45) is 1.03. The van der Waals surface area contributed by atoms with Crippen LogP contribution in [0, 0.1) is 11.6 Å². The Morgan fingerprint density at radius 2 is 2.17 bits per heavy atom. The summed E-state index contributed by atoms with van der Waals surface area (Å²) >= 11 is 0. The summed E-state index contributed by atoms with van der Waals surface area (Å²) in [5, 5.41) is 6.22. The molecule has 0 saturated carbocycles. The van der Waals surface area contributed by atoms with Crippen LogP contribution in [-0.2, 0) is 6.54 Å². The molecule has 0 unspecified atom stereocenters. The maximum absolute atomic E-state index is 13.7. The third-order valence-electron chi connectivity index (χ3n) is 4.14. The van der Waals surface area contributed by atoms with Crippen LogP contribution in [0.5, 0.6) is 0 Å². The van der Waals surface area contributed by atoms with Crippen molar-refractivity contribution in [1.29, 1.82) is 0 Å². The number of anilines is 3. The van der Waals surface area contributed by atoms with Gasteiger partial charge in [-0.25, -0.2) is 8.78 Å². The molecular formula is C16H20F2N6. The van der Waals surface area contributed by atoms with Gasteiger partial charge in [-0.1, -0.05) is 12.1 Å². The molecule has 4 N–H and O–H groups in total. The molecule has 0 aliphatic carbocycles. The van der Waals surface area contributed by atoms with Crippen molar-refractivity contribution in [3.63, 3.8) is 0 Å². The number of likely N-dealkylation sites (N-methyl/N-ethyl adjacent to an activating group) is 1. The molecule has 3 rings (SSSR count). The number of hydrogen-bond acceptors (Lipinski definition) is 6. The molecule has 0 radical (unpaired) electrons. The van der Waals surface area contributed by atoms with Crippen LogP contribution >= 0.6 is 0 Å². The Hall–Kier alpha value is -2.48. The Morgan fingerprint density at radius 3 is 2.92 bits per heavy atom. The maximum atomic E-state index is 13.7. The lowest BCUT2D eigenvalue weighted by molar-refractivity contribution is 0.500. The van der Waals surface area contributed by atoms with E-state index in [-0.39, 0.29) is 18.1 Å². The summed E-state index contributed by atoms with van der Waals surface area (Å²) in [5.41, 5.74) is 6.01. The third-order valence-corrected chi connectivity index (χ3v) is 4.14. The van der Waals surface area contributed by atoms with Crippen molar-refractivity contribution in [3.05, 3.63) is 41.5 Å². The Labute approximate surface area is 139 Å². The van der Waals surface area contributed by atoms with E-state index in [4.69, 9.17) is 5.73 Å². The average Bonchev–Trinajstić information content (AvgIpc) is 3.05. The van der Waals surface area contributed by atoms with Gasteiger partial charge in [-0.05, 0) is 19.5 Å². The van der Waals surface area contributed by atoms with E-state index in [0.29, 0.717) is 11.9 Å². The highest BCUT2D eigenvalue weighted by Gasteiger charge is 2.22. The van der Waals surface area contributed by atoms with Crippen molar-refractivity contribution < 1.29 is 8.78 Å². The second-order valence-corrected chi connectivity index (χ2v) is 5.76. The Balaban J connectivity index is 1.73. The number of rotatable bonds is 5. The minimum atomic E-state index is -0.868. The summed E-state index contributed by atoms with van der Waals surface area (Å²) < 4.78 is 26.9. The number of nitrogens with two attached hydrogens (primary N) is 1. The molecular weight excluding hydrogens is 314 g/mol. The van der Waals surface area contributed by atoms with Gasteiger partial charge < -0.3 is 21.3 Å². The monoisotopic (exact) mass is 334 g/mol. The van der Waals surface area contributed by atoms with E-state index in [1.54, 1.807) is 6.07 Å². The zero-order chi connectivity index (χ0) is 17.1. The summed E-state index contributed by atoms with van der Waals surface area (Å²) in [5.74, 6) is -0.379. The average molecular weight is 334 g/mol. The van der Waals surface area contributed by atoms with Gasteiger partial charge in [0.25, 0.3) is 0 Å². The van der Waals surface area contributed by atoms with Crippen LogP contribution in [0.2, 0.25) is 0 Å². The smallest absolute Gasteiger partial charge is 0.223 e. The van der Waals surface area contributed by atoms with Crippen LogP contribution in [0.1, 0.15) is 12.0 Å². The lowest BCUT2D eigenvalue weighted by Crippen LogP contribution is -2.30. The van der Waals surface area contributed by atoms with Crippen molar-refractivity contribution in [2.45, 2.75) is 19.0 Å². The topological polar surface area (TPSA) is 79.1 Å². The second-order valence-electron chi connectivity index (χ2n) is 5.76. The molecule has 128 valence electrons. The van der Waals surface area contributed by atoms with Gasteiger partial charge in [-0.15, -0.1) is 0 Å². The standard InChI is InChI=1S/C16H20F2N6/c1-20-11-5-6-24(9-11)14-7-13(22-16(19)23-14)21-8-10-3-2-4-12(17)15(10)18/h2-4,7,11,20H,5-6,8-9H2,1H3,(H3,19,21,22,23)/t11-/m1/s1. The summed E-state index contributed by atoms with van der Waals surface area (Å²) in [4.78, 5) is 10.5. The molecule has 1 saturated heterocycles. The van der Waals surface area contributed by atoms with E-state index < -0.39 is 11.6 Å². The van der Waals surface area contributed by atoms with Gasteiger partial charge in [0.2, 0.25) is 5.95 Å². The molecule has 2 heterocycles. The SMILES string of the molecule is CN[C@@H]1CCN(c2cc(NCc3cccc(F)c3F)nc(N)n2)C1. The summed E-state index contributed by atoms with van der Waals surface area (Å²) in [6.45, 7) is 1.82. The molecule has 6 nitrogen and oxygen atoms in total. The molecule has 1 fully saturated rings. The quantitative estimate of drug-likeness (QED) is 0.773. The van der Waals surface area contributed by atoms with E-state index in [1.165, 1.54) is 12.1 Å². The number of aromatic nitrogens is 2. The maximum Gasteiger partial charge on any atom is 0.223 e. The fraction of sp³-hybridized carbons (Fsp3) is 0.375. The molecule has 24 heavy (non-hydrogen) atoms. The van der Waals surface area contributed by atoms with Gasteiger partial charge in [0.1, 0.15) is 11.6 Å². The lowest BCUT2D eigenvalue weighted by Gasteiger charge is -2.18. The molecule has 1 atom stereocenters. The van der Waals surface area contributed by atoms with Crippen LogP contribution in [0.4, 0.5) is 26.4 Å². The largest absolute Gasteiger partial charge is 0.368 e. The van der Waals surface area contributed by atoms with Gasteiger partial charge in [0.15, 0.2) is 11.6 Å². The van der Waals surface area contributed by atoms with Crippen molar-refractivity contribution in [2.24, 2.45) is 0 Å². The number of nitrogens with one attached hydrogen (secondary N) is 2. The predicted octanol–water partition coefficient (Wildman–Crippen LogP) is 1.75. The molecule has 0 bridgehead atoms. The second kappa shape index (κ2) is 6.96. The van der Waals surface area contributed by atoms with Crippen LogP contribution < -0.4 is 21.3 Å². The molecule has 0 spiro atoms. The number of nitrogens with zero attached hydrogens (tertiary/aromatic N) is 3. The zero-order valence-corrected chi connectivity index (χ0v) is 13.4. The van der Waals surface area contributed by atoms with E-state index in [9.17, 15) is 8.78 Å². The van der Waals surface area contributed by atoms with Crippen LogP contribution in [0.25, 0.3) is 0 Å². The van der Waals surface area contributed by atoms with Gasteiger partial charge >= 0.3 is 0 Å². The first-order valence-electron chi connectivity index (χ1n) is 7.80. The van der Waals surface area contributed by atoms with Crippen molar-refractivity contribution in [3.8, 4) is 0 Å². The fourth-order valence-electron chi connectivity index (χ4n) is 2.78. The minimum absolute atomic E-state index is 0.110. The Kier molecular flexibility index (Phi) is 4.75. The van der Waals surface area contributed by atoms with Crippen LogP contribution in [-0.4, -0.2) is 36.1 Å². The highest BCUT2D eigenvalue weighted by molar-refractivity contribution is 5.53. The number of nitrogen functional groups attached to an aromatic ring is 1. The van der Waals surface area contributed by atoms with E-state index in [0.717, 1.165) is 31.4 Å². The zero-order valence-electron chi connectivity index (χ0n) is 13.4. The van der Waals surface area contributed by atoms with Crippen LogP contribution in [0.15, 0.2) is 24.3 Å². The van der Waals surface area contributed by atoms with Gasteiger partial charge in [-0.3, -0.25) is 0 Å². The van der Waals surface area contributed by atoms with E-state index >= 15 is 0 Å². The number of halogens is 2. The predicted molar refractivity (Wildman–Crippen MR) is 89.8 cm³/mol. The number of benzene rings is 1. The minimum Gasteiger partial charge on any atom is -0.368 e. The van der Waals surface area contributed by atoms with E-state index in [1.807, 2.05) is 7.05 Å². The van der Waals surface area contributed by atoms with Crippen LogP contribution in [0.3, 0.4) is 0 Å². The molecule has 1 aliphatic heterocycles. The third kappa shape index (κ3) is 3.53. The molecule has 0 amide bonds. The molecule has 1 aliphatic rings. The normalized spacial score (nSPS) is 17.3. The molecule has 8 heteroatoms. The fourth-order valence-corrected chi connectivity index (χ4v) is 2.78. The summed E-state index contributed by atoms with van der Waals surface area (Å²) in [7, 11) is 1.93. The van der Waals surface area contributed by atoms with Gasteiger partial charge in [0, 0.05) is 37.3 Å². The first-order valence-corrected chi connectivity index (χ1v) is 7.80. The first kappa shape index (κ1) is 16.4. The van der Waals surface area contributed by atoms with E-state index in [2.05, 4.69) is 25.5 Å². The highest BCUT2D eigenvalue weighted by atomic mass is 19.2. The highest BCUT2D eigenvalue weighted by Crippen LogP contribution is 2.22. The Morgan fingerprint density at radius 1 is 1.33 bits per heavy atom. The van der Waals surface area contributed by atoms with Crippen molar-refractivity contribution >= 4 is 17.6 Å². The lowest BCUT2D eigenvalue weighted by atomic mass is 10.2. The Bertz CT molecular complexity index is 724. The molecule has 1 aromatic heterocycles.